The van der Waals surface area contributed by atoms with Crippen molar-refractivity contribution in [3.8, 4) is 0 Å². The topological polar surface area (TPSA) is 277 Å². The Morgan fingerprint density at radius 1 is 0.386 bits per heavy atom. The smallest absolute Gasteiger partial charge is 0.359 e. The lowest BCUT2D eigenvalue weighted by Gasteiger charge is -2.52. The Morgan fingerprint density at radius 2 is 0.686 bits per heavy atom. The summed E-state index contributed by atoms with van der Waals surface area (Å²) in [7, 11) is 0. The average Bonchev–Trinajstić information content (AvgIpc) is 4.11. The molecule has 8 bridgehead atoms. The molecule has 0 aromatic rings. The fourth-order valence-electron chi connectivity index (χ4n) is 14.6. The number of hydrogen-bond acceptors (Lipinski definition) is 16. The third kappa shape index (κ3) is 10.8. The highest BCUT2D eigenvalue weighted by molar-refractivity contribution is 6.15. The van der Waals surface area contributed by atoms with E-state index in [1.807, 2.05) is 0 Å². The van der Waals surface area contributed by atoms with Crippen LogP contribution in [0.25, 0.3) is 0 Å². The van der Waals surface area contributed by atoms with E-state index in [0.717, 1.165) is 65.6 Å². The number of carbonyl (C=O) groups is 8. The molecule has 17 unspecified atom stereocenters. The standard InChI is InChI=1S/C48H76N12O8.Al.H2O/c61-24-8-20-36(65)57-59(38(67)22-10-26-63)60(39(68)23-11-27-64)58(37(66)21-9-25-62)35-19-7-18-34-40(35)48-55-46-33-17-6-5-16-32(33)44(53-46)51-42-29-13-2-1-12-28(29)41(49-42)50-43-30-14-3-4-15-31(30)45(52-43)54-47(34)56-48;;/h24-35,40-56H,1-23H2,(H,57,65);;1H2/q;+1;/p-1. The number of hydrogen-bond donors (Lipinski definition) is 8. The lowest BCUT2D eigenvalue weighted by atomic mass is 9.74. The van der Waals surface area contributed by atoms with Crippen LogP contribution in [0, 0.1) is 47.3 Å². The second-order valence-corrected chi connectivity index (χ2v) is 21.9. The van der Waals surface area contributed by atoms with Gasteiger partial charge in [0.2, 0.25) is 11.8 Å². The van der Waals surface area contributed by atoms with Gasteiger partial charge in [-0.15, -0.1) is 5.12 Å². The highest BCUT2D eigenvalue weighted by Crippen LogP contribution is 2.47. The molecule has 0 aromatic heterocycles. The first-order chi connectivity index (χ1) is 33.6. The Labute approximate surface area is 419 Å². The summed E-state index contributed by atoms with van der Waals surface area (Å²) in [4.78, 5) is 105. The zero-order chi connectivity index (χ0) is 48.2. The van der Waals surface area contributed by atoms with Gasteiger partial charge in [-0.05, 0) is 92.8 Å². The third-order valence-corrected chi connectivity index (χ3v) is 18.1. The Bertz CT molecular complexity index is 1890. The highest BCUT2D eigenvalue weighted by Gasteiger charge is 2.58. The molecule has 9 aliphatic rings. The summed E-state index contributed by atoms with van der Waals surface area (Å²) in [6.45, 7) is 0. The minimum absolute atomic E-state index is 0. The first-order valence-electron chi connectivity index (χ1n) is 26.5. The van der Waals surface area contributed by atoms with E-state index in [9.17, 15) is 33.6 Å². The van der Waals surface area contributed by atoms with E-state index in [4.69, 9.17) is 0 Å². The maximum absolute atomic E-state index is 15.1. The van der Waals surface area contributed by atoms with E-state index in [1.54, 1.807) is 0 Å². The van der Waals surface area contributed by atoms with Gasteiger partial charge in [0, 0.05) is 57.3 Å². The van der Waals surface area contributed by atoms with Gasteiger partial charge in [-0.3, -0.25) is 61.7 Å². The summed E-state index contributed by atoms with van der Waals surface area (Å²) in [6.07, 6.45) is 15.8. The molecule has 9 rings (SSSR count). The van der Waals surface area contributed by atoms with Gasteiger partial charge in [0.05, 0.1) is 55.4 Å². The van der Waals surface area contributed by atoms with Crippen LogP contribution in [0.5, 0.6) is 0 Å². The van der Waals surface area contributed by atoms with Crippen LogP contribution in [-0.2, 0) is 38.4 Å². The fourth-order valence-corrected chi connectivity index (χ4v) is 15.0. The molecule has 22 heteroatoms. The largest absolute Gasteiger partial charge is 0.412 e. The summed E-state index contributed by atoms with van der Waals surface area (Å²) in [5, 5.41) is 35.9. The Kier molecular flexibility index (Phi) is 18.3. The fraction of sp³-hybridized carbons (Fsp3) is 0.833. The molecule has 0 aromatic carbocycles. The van der Waals surface area contributed by atoms with E-state index in [-0.39, 0.29) is 99.0 Å². The molecule has 17 atom stereocenters. The van der Waals surface area contributed by atoms with E-state index in [2.05, 4.69) is 59.0 Å². The predicted octanol–water partition coefficient (Wildman–Crippen LogP) is -0.181. The van der Waals surface area contributed by atoms with Crippen molar-refractivity contribution < 1.29 is 43.8 Å². The van der Waals surface area contributed by atoms with Crippen LogP contribution in [0.3, 0.4) is 0 Å². The highest BCUT2D eigenvalue weighted by atomic mass is 27.1. The molecular formula is C48H77AlN12O9. The quantitative estimate of drug-likeness (QED) is 0.0675. The van der Waals surface area contributed by atoms with Crippen molar-refractivity contribution in [3.63, 3.8) is 0 Å². The third-order valence-electron chi connectivity index (χ3n) is 17.6. The zero-order valence-electron chi connectivity index (χ0n) is 40.5. The zero-order valence-corrected chi connectivity index (χ0v) is 41.7. The molecule has 70 heavy (non-hydrogen) atoms. The average molecular weight is 993 g/mol. The van der Waals surface area contributed by atoms with Gasteiger partial charge in [0.25, 0.3) is 11.8 Å². The maximum Gasteiger partial charge on any atom is 0.359 e. The summed E-state index contributed by atoms with van der Waals surface area (Å²) < 4.78 is 0.849. The molecule has 4 amide bonds. The molecular weight excluding hydrogens is 916 g/mol. The van der Waals surface area contributed by atoms with Gasteiger partial charge in [0.15, 0.2) is 0 Å². The minimum Gasteiger partial charge on any atom is -0.412 e. The van der Waals surface area contributed by atoms with E-state index < -0.39 is 48.7 Å². The van der Waals surface area contributed by atoms with Crippen molar-refractivity contribution in [2.75, 3.05) is 0 Å². The second kappa shape index (κ2) is 24.2. The van der Waals surface area contributed by atoms with Crippen molar-refractivity contribution in [2.24, 2.45) is 47.3 Å². The normalized spacial score (nSPS) is 38.3. The van der Waals surface area contributed by atoms with Gasteiger partial charge >= 0.3 is 16.5 Å². The summed E-state index contributed by atoms with van der Waals surface area (Å²) in [5.41, 5.74) is 0. The summed E-state index contributed by atoms with van der Waals surface area (Å²) in [6, 6.07) is -0.749. The molecule has 5 saturated heterocycles. The first-order valence-corrected chi connectivity index (χ1v) is 27.1. The van der Waals surface area contributed by atoms with Crippen LogP contribution in [0.15, 0.2) is 0 Å². The molecule has 10 N–H and O–H groups in total. The Hall–Kier alpha value is -3.27. The number of hydrazine groups is 3. The number of nitrogens with one attached hydrogen (secondary N) is 8. The molecule has 386 valence electrons. The van der Waals surface area contributed by atoms with E-state index >= 15 is 4.79 Å². The SMILES string of the molecule is O.O=CCCC(=O)[N]([Al])N(C(=O)CCC=O)N(C(=O)CCC=O)N(C(=O)CCC=O)C1CCCC2C3NC4NC(NC5NC(NC6NC(NC(N3)C21)C1CCCCC61)C1CCCCC51)C1CCCCC41. The van der Waals surface area contributed by atoms with Crippen LogP contribution in [0.4, 0.5) is 0 Å². The van der Waals surface area contributed by atoms with Crippen molar-refractivity contribution in [3.05, 3.63) is 0 Å². The van der Waals surface area contributed by atoms with E-state index in [1.165, 1.54) is 37.1 Å². The van der Waals surface area contributed by atoms with Crippen molar-refractivity contribution in [2.45, 2.75) is 203 Å². The number of aldehydes is 4. The molecule has 21 nitrogen and oxygen atoms in total. The minimum atomic E-state index is -0.829. The van der Waals surface area contributed by atoms with Crippen LogP contribution >= 0.6 is 0 Å². The lowest BCUT2D eigenvalue weighted by Crippen LogP contribution is -2.70. The molecule has 0 spiro atoms. The molecule has 5 aliphatic heterocycles. The Morgan fingerprint density at radius 3 is 1.06 bits per heavy atom. The summed E-state index contributed by atoms with van der Waals surface area (Å²) in [5.74, 6) is -0.794. The second-order valence-electron chi connectivity index (χ2n) is 21.4. The van der Waals surface area contributed by atoms with E-state index in [0.29, 0.717) is 73.5 Å². The maximum atomic E-state index is 15.1. The monoisotopic (exact) mass is 993 g/mol. The van der Waals surface area contributed by atoms with Crippen molar-refractivity contribution in [1.82, 2.24) is 61.8 Å². The van der Waals surface area contributed by atoms with Crippen molar-refractivity contribution >= 4 is 65.3 Å². The molecule has 9 fully saturated rings. The van der Waals surface area contributed by atoms with Gasteiger partial charge in [0.1, 0.15) is 25.1 Å². The molecule has 4 saturated carbocycles. The number of fused-ring (bicyclic) bond motifs is 20. The molecule has 4 aliphatic carbocycles. The summed E-state index contributed by atoms with van der Waals surface area (Å²) >= 11 is 2.16. The van der Waals surface area contributed by atoms with Gasteiger partial charge in [-0.1, -0.05) is 44.9 Å². The number of nitrogens with zero attached hydrogens (tertiary/aromatic N) is 4. The van der Waals surface area contributed by atoms with Crippen LogP contribution in [0.1, 0.15) is 148 Å². The number of rotatable bonds is 13. The van der Waals surface area contributed by atoms with Crippen LogP contribution in [-0.4, -0.2) is 145 Å². The van der Waals surface area contributed by atoms with Crippen LogP contribution < -0.4 is 42.5 Å². The molecule has 5 heterocycles. The van der Waals surface area contributed by atoms with Gasteiger partial charge < -0.3 is 28.6 Å². The lowest BCUT2D eigenvalue weighted by molar-refractivity contribution is -0.249. The van der Waals surface area contributed by atoms with Gasteiger partial charge in [-0.2, -0.15) is 5.12 Å². The van der Waals surface area contributed by atoms with Gasteiger partial charge in [-0.25, -0.2) is 5.01 Å². The first kappa shape index (κ1) is 53.0. The predicted molar refractivity (Wildman–Crippen MR) is 254 cm³/mol. The number of amides is 4. The molecule has 2 radical (unpaired) electrons. The van der Waals surface area contributed by atoms with Crippen LogP contribution in [0.2, 0.25) is 0 Å². The van der Waals surface area contributed by atoms with Crippen molar-refractivity contribution in [1.29, 1.82) is 0 Å². The number of carbonyl (C=O) groups excluding carboxylic acids is 8. The Balaban J connectivity index is 0.00000659.